The van der Waals surface area contributed by atoms with E-state index in [1.54, 1.807) is 0 Å². The number of hydrogen-bond acceptors (Lipinski definition) is 3. The summed E-state index contributed by atoms with van der Waals surface area (Å²) in [5.41, 5.74) is 1.55. The zero-order valence-electron chi connectivity index (χ0n) is 9.31. The SMILES string of the molecule is CC(=O)NCCCC(=NO)c1ccccc1. The standard InChI is InChI=1S/C12H16N2O2/c1-10(15)13-9-5-8-12(14-16)11-6-3-2-4-7-11/h2-4,6-7,16H,5,8-9H2,1H3,(H,13,15). The van der Waals surface area contributed by atoms with Gasteiger partial charge in [-0.2, -0.15) is 0 Å². The van der Waals surface area contributed by atoms with Gasteiger partial charge in [-0.05, 0) is 18.4 Å². The Morgan fingerprint density at radius 1 is 1.38 bits per heavy atom. The van der Waals surface area contributed by atoms with Crippen molar-refractivity contribution in [3.63, 3.8) is 0 Å². The maximum absolute atomic E-state index is 10.6. The fourth-order valence-electron chi connectivity index (χ4n) is 1.40. The van der Waals surface area contributed by atoms with Crippen molar-refractivity contribution in [3.05, 3.63) is 35.9 Å². The normalized spacial score (nSPS) is 11.2. The third-order valence-corrected chi connectivity index (χ3v) is 2.19. The predicted octanol–water partition coefficient (Wildman–Crippen LogP) is 1.78. The van der Waals surface area contributed by atoms with Crippen LogP contribution in [0, 0.1) is 0 Å². The smallest absolute Gasteiger partial charge is 0.216 e. The summed E-state index contributed by atoms with van der Waals surface area (Å²) in [6.07, 6.45) is 1.40. The highest BCUT2D eigenvalue weighted by Crippen LogP contribution is 2.05. The summed E-state index contributed by atoms with van der Waals surface area (Å²) in [4.78, 5) is 10.6. The van der Waals surface area contributed by atoms with E-state index in [0.29, 0.717) is 18.7 Å². The summed E-state index contributed by atoms with van der Waals surface area (Å²) >= 11 is 0. The number of amides is 1. The van der Waals surface area contributed by atoms with E-state index in [1.165, 1.54) is 6.92 Å². The molecule has 0 unspecified atom stereocenters. The van der Waals surface area contributed by atoms with Crippen molar-refractivity contribution in [1.29, 1.82) is 0 Å². The van der Waals surface area contributed by atoms with Gasteiger partial charge < -0.3 is 10.5 Å². The largest absolute Gasteiger partial charge is 0.411 e. The minimum Gasteiger partial charge on any atom is -0.411 e. The lowest BCUT2D eigenvalue weighted by molar-refractivity contribution is -0.118. The molecule has 1 aromatic rings. The molecule has 0 saturated carbocycles. The van der Waals surface area contributed by atoms with Crippen LogP contribution in [0.1, 0.15) is 25.3 Å². The first-order valence-corrected chi connectivity index (χ1v) is 5.25. The molecule has 4 nitrogen and oxygen atoms in total. The highest BCUT2D eigenvalue weighted by Gasteiger charge is 2.03. The topological polar surface area (TPSA) is 61.7 Å². The Balaban J connectivity index is 2.43. The van der Waals surface area contributed by atoms with Crippen LogP contribution in [0.4, 0.5) is 0 Å². The highest BCUT2D eigenvalue weighted by molar-refractivity contribution is 6.00. The Kier molecular flexibility index (Phi) is 5.05. The first-order chi connectivity index (χ1) is 7.74. The molecule has 1 rings (SSSR count). The maximum atomic E-state index is 10.6. The molecule has 0 aliphatic rings. The first-order valence-electron chi connectivity index (χ1n) is 5.25. The van der Waals surface area contributed by atoms with Crippen LogP contribution in [0.15, 0.2) is 35.5 Å². The van der Waals surface area contributed by atoms with Gasteiger partial charge in [0.2, 0.25) is 5.91 Å². The Bertz CT molecular complexity index is 361. The average molecular weight is 220 g/mol. The Labute approximate surface area is 95.0 Å². The number of hydrogen-bond donors (Lipinski definition) is 2. The number of nitrogens with one attached hydrogen (secondary N) is 1. The third-order valence-electron chi connectivity index (χ3n) is 2.19. The lowest BCUT2D eigenvalue weighted by Gasteiger charge is -2.04. The molecule has 1 amide bonds. The van der Waals surface area contributed by atoms with Gasteiger partial charge in [0.25, 0.3) is 0 Å². The van der Waals surface area contributed by atoms with Gasteiger partial charge in [0.15, 0.2) is 0 Å². The molecule has 0 heterocycles. The van der Waals surface area contributed by atoms with Gasteiger partial charge in [0.1, 0.15) is 0 Å². The summed E-state index contributed by atoms with van der Waals surface area (Å²) in [5, 5.41) is 14.9. The van der Waals surface area contributed by atoms with Gasteiger partial charge in [-0.1, -0.05) is 35.5 Å². The highest BCUT2D eigenvalue weighted by atomic mass is 16.4. The quantitative estimate of drug-likeness (QED) is 0.344. The van der Waals surface area contributed by atoms with E-state index in [2.05, 4.69) is 10.5 Å². The van der Waals surface area contributed by atoms with Gasteiger partial charge in [-0.3, -0.25) is 4.79 Å². The summed E-state index contributed by atoms with van der Waals surface area (Å²) in [7, 11) is 0. The van der Waals surface area contributed by atoms with E-state index in [4.69, 9.17) is 5.21 Å². The van der Waals surface area contributed by atoms with Gasteiger partial charge in [-0.15, -0.1) is 0 Å². The second-order valence-corrected chi connectivity index (χ2v) is 3.50. The number of carbonyl (C=O) groups excluding carboxylic acids is 1. The molecule has 0 spiro atoms. The molecule has 0 aliphatic heterocycles. The van der Waals surface area contributed by atoms with Crippen molar-refractivity contribution in [1.82, 2.24) is 5.32 Å². The van der Waals surface area contributed by atoms with Crippen molar-refractivity contribution in [2.75, 3.05) is 6.54 Å². The lowest BCUT2D eigenvalue weighted by atomic mass is 10.1. The van der Waals surface area contributed by atoms with Crippen LogP contribution in [-0.2, 0) is 4.79 Å². The Hall–Kier alpha value is -1.84. The predicted molar refractivity (Wildman–Crippen MR) is 62.7 cm³/mol. The van der Waals surface area contributed by atoms with Crippen molar-refractivity contribution in [2.24, 2.45) is 5.16 Å². The molecule has 0 aliphatic carbocycles. The first kappa shape index (κ1) is 12.2. The molecule has 0 radical (unpaired) electrons. The average Bonchev–Trinajstić information content (AvgIpc) is 2.30. The second kappa shape index (κ2) is 6.61. The lowest BCUT2D eigenvalue weighted by Crippen LogP contribution is -2.21. The monoisotopic (exact) mass is 220 g/mol. The minimum atomic E-state index is -0.0396. The van der Waals surface area contributed by atoms with Crippen LogP contribution >= 0.6 is 0 Å². The fraction of sp³-hybridized carbons (Fsp3) is 0.333. The summed E-state index contributed by atoms with van der Waals surface area (Å²) < 4.78 is 0. The van der Waals surface area contributed by atoms with Crippen LogP contribution in [0.3, 0.4) is 0 Å². The van der Waals surface area contributed by atoms with Crippen molar-refractivity contribution < 1.29 is 10.0 Å². The maximum Gasteiger partial charge on any atom is 0.216 e. The minimum absolute atomic E-state index is 0.0396. The van der Waals surface area contributed by atoms with Crippen molar-refractivity contribution >= 4 is 11.6 Å². The molecule has 16 heavy (non-hydrogen) atoms. The van der Waals surface area contributed by atoms with Crippen LogP contribution in [0.25, 0.3) is 0 Å². The molecule has 2 N–H and O–H groups in total. The van der Waals surface area contributed by atoms with Gasteiger partial charge in [0, 0.05) is 13.5 Å². The molecular weight excluding hydrogens is 204 g/mol. The number of oxime groups is 1. The molecule has 0 atom stereocenters. The van der Waals surface area contributed by atoms with E-state index in [0.717, 1.165) is 12.0 Å². The fourth-order valence-corrected chi connectivity index (χ4v) is 1.40. The number of benzene rings is 1. The molecule has 0 saturated heterocycles. The second-order valence-electron chi connectivity index (χ2n) is 3.50. The van der Waals surface area contributed by atoms with Gasteiger partial charge >= 0.3 is 0 Å². The number of nitrogens with zero attached hydrogens (tertiary/aromatic N) is 1. The third kappa shape index (κ3) is 4.13. The van der Waals surface area contributed by atoms with Gasteiger partial charge in [0.05, 0.1) is 5.71 Å². The van der Waals surface area contributed by atoms with Gasteiger partial charge in [-0.25, -0.2) is 0 Å². The van der Waals surface area contributed by atoms with Crippen LogP contribution < -0.4 is 5.32 Å². The summed E-state index contributed by atoms with van der Waals surface area (Å²) in [6, 6.07) is 9.50. The number of rotatable bonds is 5. The van der Waals surface area contributed by atoms with Crippen LogP contribution in [0.5, 0.6) is 0 Å². The zero-order chi connectivity index (χ0) is 11.8. The number of carbonyl (C=O) groups is 1. The summed E-state index contributed by atoms with van der Waals surface area (Å²) in [5.74, 6) is -0.0396. The summed E-state index contributed by atoms with van der Waals surface area (Å²) in [6.45, 7) is 2.08. The van der Waals surface area contributed by atoms with E-state index in [1.807, 2.05) is 30.3 Å². The van der Waals surface area contributed by atoms with E-state index < -0.39 is 0 Å². The van der Waals surface area contributed by atoms with Crippen LogP contribution in [0.2, 0.25) is 0 Å². The molecule has 86 valence electrons. The zero-order valence-corrected chi connectivity index (χ0v) is 9.31. The molecule has 0 aromatic heterocycles. The van der Waals surface area contributed by atoms with Crippen molar-refractivity contribution in [2.45, 2.75) is 19.8 Å². The van der Waals surface area contributed by atoms with E-state index in [9.17, 15) is 4.79 Å². The van der Waals surface area contributed by atoms with E-state index >= 15 is 0 Å². The van der Waals surface area contributed by atoms with Crippen molar-refractivity contribution in [3.8, 4) is 0 Å². The molecule has 4 heteroatoms. The van der Waals surface area contributed by atoms with E-state index in [-0.39, 0.29) is 5.91 Å². The molecule has 0 bridgehead atoms. The Morgan fingerprint density at radius 2 is 2.06 bits per heavy atom. The molecule has 0 fully saturated rings. The molecule has 1 aromatic carbocycles. The molecular formula is C12H16N2O2. The van der Waals surface area contributed by atoms with Crippen LogP contribution in [-0.4, -0.2) is 23.4 Å². The Morgan fingerprint density at radius 3 is 2.62 bits per heavy atom.